The average Bonchev–Trinajstić information content (AvgIpc) is 3.20. The second-order valence-corrected chi connectivity index (χ2v) is 9.38. The molecule has 2 aromatic rings. The summed E-state index contributed by atoms with van der Waals surface area (Å²) in [7, 11) is 1.68. The van der Waals surface area contributed by atoms with Crippen molar-refractivity contribution in [3.8, 4) is 5.75 Å². The third-order valence-electron chi connectivity index (χ3n) is 7.77. The number of amides is 1. The fourth-order valence-electron chi connectivity index (χ4n) is 6.01. The zero-order chi connectivity index (χ0) is 20.7. The molecule has 0 unspecified atom stereocenters. The number of methoxy groups -OCH3 is 1. The monoisotopic (exact) mass is 411 g/mol. The number of hydrogen-bond donors (Lipinski definition) is 3. The Kier molecular flexibility index (Phi) is 5.23. The predicted molar refractivity (Wildman–Crippen MR) is 117 cm³/mol. The van der Waals surface area contributed by atoms with E-state index in [4.69, 9.17) is 4.74 Å². The summed E-state index contributed by atoms with van der Waals surface area (Å²) in [5.74, 6) is 1.45. The maximum atomic E-state index is 13.1. The lowest BCUT2D eigenvalue weighted by atomic mass is 9.68. The van der Waals surface area contributed by atoms with Crippen molar-refractivity contribution in [2.45, 2.75) is 56.4 Å². The van der Waals surface area contributed by atoms with Crippen LogP contribution in [-0.4, -0.2) is 54.2 Å². The number of aliphatic hydroxyl groups is 1. The predicted octanol–water partition coefficient (Wildman–Crippen LogP) is 3.25. The summed E-state index contributed by atoms with van der Waals surface area (Å²) < 4.78 is 5.41. The van der Waals surface area contributed by atoms with Gasteiger partial charge in [0.15, 0.2) is 0 Å². The first kappa shape index (κ1) is 19.9. The Labute approximate surface area is 178 Å². The topological polar surface area (TPSA) is 77.6 Å². The van der Waals surface area contributed by atoms with Crippen LogP contribution < -0.4 is 10.1 Å². The van der Waals surface area contributed by atoms with E-state index in [1.165, 1.54) is 30.2 Å². The number of fused-ring (bicyclic) bond motifs is 4. The van der Waals surface area contributed by atoms with Crippen LogP contribution in [0.15, 0.2) is 18.2 Å². The molecule has 1 aromatic heterocycles. The number of nitrogens with zero attached hydrogens (tertiary/aromatic N) is 1. The van der Waals surface area contributed by atoms with Crippen molar-refractivity contribution in [1.82, 2.24) is 15.2 Å². The SMILES string of the molecule is COc1ccc2c3c([nH]c2c1)[C@H](CO)NCC31CCN(C(=O)C2CCCCC2)CC1. The van der Waals surface area contributed by atoms with Gasteiger partial charge in [-0.1, -0.05) is 19.3 Å². The van der Waals surface area contributed by atoms with E-state index in [9.17, 15) is 9.90 Å². The van der Waals surface area contributed by atoms with Crippen molar-refractivity contribution in [1.29, 1.82) is 0 Å². The second-order valence-electron chi connectivity index (χ2n) is 9.38. The van der Waals surface area contributed by atoms with Crippen LogP contribution in [0.5, 0.6) is 5.75 Å². The standard InChI is InChI=1S/C24H33N3O3/c1-30-17-7-8-18-19(13-17)26-22-20(14-28)25-15-24(21(18)22)9-11-27(12-10-24)23(29)16-5-3-2-4-6-16/h7-8,13,16,20,25-26,28H,2-6,9-12,14-15H2,1H3/t20-/m0/s1. The minimum absolute atomic E-state index is 0.00279. The highest BCUT2D eigenvalue weighted by atomic mass is 16.5. The highest BCUT2D eigenvalue weighted by molar-refractivity contribution is 5.88. The third kappa shape index (κ3) is 3.21. The van der Waals surface area contributed by atoms with Gasteiger partial charge in [-0.2, -0.15) is 0 Å². The Morgan fingerprint density at radius 1 is 1.23 bits per heavy atom. The smallest absolute Gasteiger partial charge is 0.225 e. The Balaban J connectivity index is 1.44. The normalized spacial score (nSPS) is 24.2. The molecule has 1 amide bonds. The van der Waals surface area contributed by atoms with Crippen molar-refractivity contribution in [2.75, 3.05) is 33.4 Å². The van der Waals surface area contributed by atoms with Gasteiger partial charge in [0.2, 0.25) is 5.91 Å². The maximum Gasteiger partial charge on any atom is 0.225 e. The number of ether oxygens (including phenoxy) is 1. The lowest BCUT2D eigenvalue weighted by Crippen LogP contribution is -2.54. The number of piperidine rings is 1. The van der Waals surface area contributed by atoms with Crippen LogP contribution in [0.2, 0.25) is 0 Å². The summed E-state index contributed by atoms with van der Waals surface area (Å²) in [5.41, 5.74) is 3.49. The number of aromatic nitrogens is 1. The van der Waals surface area contributed by atoms with Crippen LogP contribution in [-0.2, 0) is 10.2 Å². The minimum atomic E-state index is -0.0779. The molecule has 1 saturated heterocycles. The summed E-state index contributed by atoms with van der Waals surface area (Å²) in [6.45, 7) is 2.56. The van der Waals surface area contributed by atoms with Crippen molar-refractivity contribution < 1.29 is 14.6 Å². The molecular weight excluding hydrogens is 378 g/mol. The van der Waals surface area contributed by atoms with E-state index in [-0.39, 0.29) is 24.0 Å². The molecule has 1 saturated carbocycles. The van der Waals surface area contributed by atoms with Gasteiger partial charge in [0.05, 0.1) is 19.8 Å². The molecular formula is C24H33N3O3. The van der Waals surface area contributed by atoms with Gasteiger partial charge in [-0.25, -0.2) is 0 Å². The molecule has 3 N–H and O–H groups in total. The van der Waals surface area contributed by atoms with Crippen LogP contribution in [0.4, 0.5) is 0 Å². The van der Waals surface area contributed by atoms with Crippen molar-refractivity contribution in [3.05, 3.63) is 29.5 Å². The number of H-pyrrole nitrogens is 1. The van der Waals surface area contributed by atoms with Gasteiger partial charge < -0.3 is 25.0 Å². The first-order valence-corrected chi connectivity index (χ1v) is 11.5. The zero-order valence-electron chi connectivity index (χ0n) is 17.9. The number of carbonyl (C=O) groups excluding carboxylic acids is 1. The minimum Gasteiger partial charge on any atom is -0.497 e. The molecule has 0 bridgehead atoms. The Hall–Kier alpha value is -2.05. The molecule has 30 heavy (non-hydrogen) atoms. The molecule has 2 fully saturated rings. The largest absolute Gasteiger partial charge is 0.497 e. The Morgan fingerprint density at radius 3 is 2.70 bits per heavy atom. The van der Waals surface area contributed by atoms with Crippen LogP contribution in [0.25, 0.3) is 10.9 Å². The van der Waals surface area contributed by atoms with Gasteiger partial charge in [0.25, 0.3) is 0 Å². The van der Waals surface area contributed by atoms with E-state index in [2.05, 4.69) is 21.3 Å². The quantitative estimate of drug-likeness (QED) is 0.725. The van der Waals surface area contributed by atoms with Crippen molar-refractivity contribution >= 4 is 16.8 Å². The van der Waals surface area contributed by atoms with Gasteiger partial charge in [-0.15, -0.1) is 0 Å². The average molecular weight is 412 g/mol. The molecule has 1 aliphatic carbocycles. The first-order valence-electron chi connectivity index (χ1n) is 11.5. The Morgan fingerprint density at radius 2 is 2.00 bits per heavy atom. The van der Waals surface area contributed by atoms with E-state index in [1.807, 2.05) is 12.1 Å². The first-order chi connectivity index (χ1) is 14.6. The molecule has 0 radical (unpaired) electrons. The van der Waals surface area contributed by atoms with Crippen LogP contribution in [0, 0.1) is 5.92 Å². The summed E-state index contributed by atoms with van der Waals surface area (Å²) in [6.07, 6.45) is 7.72. The second kappa shape index (κ2) is 7.89. The molecule has 2 aliphatic heterocycles. The fourth-order valence-corrected chi connectivity index (χ4v) is 6.01. The van der Waals surface area contributed by atoms with Gasteiger partial charge in [0, 0.05) is 53.6 Å². The van der Waals surface area contributed by atoms with Crippen molar-refractivity contribution in [3.63, 3.8) is 0 Å². The van der Waals surface area contributed by atoms with Crippen molar-refractivity contribution in [2.24, 2.45) is 5.92 Å². The molecule has 6 heteroatoms. The zero-order valence-corrected chi connectivity index (χ0v) is 17.9. The van der Waals surface area contributed by atoms with E-state index in [0.29, 0.717) is 5.91 Å². The van der Waals surface area contributed by atoms with Crippen LogP contribution in [0.1, 0.15) is 62.2 Å². The number of rotatable bonds is 3. The molecule has 1 spiro atoms. The molecule has 6 nitrogen and oxygen atoms in total. The lowest BCUT2D eigenvalue weighted by molar-refractivity contribution is -0.138. The maximum absolute atomic E-state index is 13.1. The Bertz CT molecular complexity index is 923. The number of carbonyl (C=O) groups is 1. The fraction of sp³-hybridized carbons (Fsp3) is 0.625. The molecule has 5 rings (SSSR count). The number of nitrogens with one attached hydrogen (secondary N) is 2. The molecule has 3 heterocycles. The molecule has 1 aromatic carbocycles. The van der Waals surface area contributed by atoms with Crippen LogP contribution >= 0.6 is 0 Å². The van der Waals surface area contributed by atoms with Gasteiger partial charge in [0.1, 0.15) is 5.75 Å². The number of aliphatic hydroxyl groups excluding tert-OH is 1. The van der Waals surface area contributed by atoms with E-state index < -0.39 is 0 Å². The van der Waals surface area contributed by atoms with Gasteiger partial charge in [-0.05, 0) is 43.4 Å². The third-order valence-corrected chi connectivity index (χ3v) is 7.77. The molecule has 1 atom stereocenters. The highest BCUT2D eigenvalue weighted by Crippen LogP contribution is 2.46. The number of hydrogen-bond acceptors (Lipinski definition) is 4. The van der Waals surface area contributed by atoms with Gasteiger partial charge in [-0.3, -0.25) is 4.79 Å². The molecule has 162 valence electrons. The summed E-state index contributed by atoms with van der Waals surface area (Å²) in [6, 6.07) is 6.12. The number of likely N-dealkylation sites (tertiary alicyclic amines) is 1. The van der Waals surface area contributed by atoms with E-state index in [0.717, 1.165) is 62.3 Å². The summed E-state index contributed by atoms with van der Waals surface area (Å²) in [4.78, 5) is 18.7. The van der Waals surface area contributed by atoms with Crippen LogP contribution in [0.3, 0.4) is 0 Å². The summed E-state index contributed by atoms with van der Waals surface area (Å²) in [5, 5.41) is 14.7. The van der Waals surface area contributed by atoms with Gasteiger partial charge >= 0.3 is 0 Å². The number of benzene rings is 1. The van der Waals surface area contributed by atoms with E-state index >= 15 is 0 Å². The number of aromatic amines is 1. The molecule has 3 aliphatic rings. The highest BCUT2D eigenvalue weighted by Gasteiger charge is 2.45. The lowest BCUT2D eigenvalue weighted by Gasteiger charge is -2.47. The summed E-state index contributed by atoms with van der Waals surface area (Å²) >= 11 is 0. The van der Waals surface area contributed by atoms with E-state index in [1.54, 1.807) is 7.11 Å².